The Labute approximate surface area is 134 Å². The highest BCUT2D eigenvalue weighted by Crippen LogP contribution is 2.26. The minimum atomic E-state index is 0.300. The van der Waals surface area contributed by atoms with E-state index < -0.39 is 0 Å². The number of rotatable bonds is 6. The fraction of sp³-hybridized carbons (Fsp3) is 0.294. The minimum Gasteiger partial charge on any atom is -0.508 e. The van der Waals surface area contributed by atoms with Crippen LogP contribution in [0, 0.1) is 0 Å². The fourth-order valence-electron chi connectivity index (χ4n) is 2.37. The van der Waals surface area contributed by atoms with E-state index in [0.717, 1.165) is 23.1 Å². The quantitative estimate of drug-likeness (QED) is 0.829. The van der Waals surface area contributed by atoms with Crippen LogP contribution in [0.2, 0.25) is 0 Å². The molecule has 0 heterocycles. The Morgan fingerprint density at radius 3 is 2.43 bits per heavy atom. The second-order valence-corrected chi connectivity index (χ2v) is 5.94. The number of nitrogens with one attached hydrogen (secondary N) is 1. The summed E-state index contributed by atoms with van der Waals surface area (Å²) in [6.45, 7) is 0.928. The van der Waals surface area contributed by atoms with Gasteiger partial charge >= 0.3 is 0 Å². The predicted octanol–water partition coefficient (Wildman–Crippen LogP) is 3.94. The third-order valence-corrected chi connectivity index (χ3v) is 4.39. The molecule has 0 fully saturated rings. The van der Waals surface area contributed by atoms with Gasteiger partial charge in [0.15, 0.2) is 0 Å². The third kappa shape index (κ3) is 4.22. The lowest BCUT2D eigenvalue weighted by Crippen LogP contribution is -2.25. The number of nitrogens with zero attached hydrogens (tertiary/aromatic N) is 1. The molecule has 3 nitrogen and oxygen atoms in total. The largest absolute Gasteiger partial charge is 0.508 e. The van der Waals surface area contributed by atoms with Gasteiger partial charge in [0.1, 0.15) is 5.75 Å². The van der Waals surface area contributed by atoms with Crippen molar-refractivity contribution < 1.29 is 5.11 Å². The fourth-order valence-corrected chi connectivity index (χ4v) is 2.93. The van der Waals surface area contributed by atoms with Crippen LogP contribution in [0.3, 0.4) is 0 Å². The molecule has 0 aromatic heterocycles. The highest BCUT2D eigenvalue weighted by Gasteiger charge is 2.13. The molecule has 0 saturated carbocycles. The topological polar surface area (TPSA) is 35.5 Å². The standard InChI is InChI=1S/C17H21BrN2O/c1-19-17(15-5-3-4-6-16(15)18)11-12-20(2)13-7-9-14(21)10-8-13/h3-10,17,19,21H,11-12H2,1-2H3. The molecular formula is C17H21BrN2O. The Morgan fingerprint density at radius 1 is 1.14 bits per heavy atom. The first kappa shape index (κ1) is 15.9. The van der Waals surface area contributed by atoms with Crippen LogP contribution < -0.4 is 10.2 Å². The van der Waals surface area contributed by atoms with Gasteiger partial charge in [-0.1, -0.05) is 34.1 Å². The van der Waals surface area contributed by atoms with E-state index >= 15 is 0 Å². The molecule has 0 bridgehead atoms. The molecule has 0 saturated heterocycles. The SMILES string of the molecule is CNC(CCN(C)c1ccc(O)cc1)c1ccccc1Br. The van der Waals surface area contributed by atoms with Gasteiger partial charge in [0.2, 0.25) is 0 Å². The lowest BCUT2D eigenvalue weighted by Gasteiger charge is -2.24. The van der Waals surface area contributed by atoms with Crippen LogP contribution in [0.1, 0.15) is 18.0 Å². The molecule has 0 amide bonds. The van der Waals surface area contributed by atoms with Crippen molar-refractivity contribution in [2.75, 3.05) is 25.5 Å². The number of halogens is 1. The van der Waals surface area contributed by atoms with Gasteiger partial charge in [-0.2, -0.15) is 0 Å². The molecule has 0 aliphatic heterocycles. The zero-order chi connectivity index (χ0) is 15.2. The highest BCUT2D eigenvalue weighted by molar-refractivity contribution is 9.10. The van der Waals surface area contributed by atoms with Crippen molar-refractivity contribution in [3.05, 3.63) is 58.6 Å². The Bertz CT molecular complexity index is 571. The summed E-state index contributed by atoms with van der Waals surface area (Å²) in [5.74, 6) is 0.300. The van der Waals surface area contributed by atoms with Gasteiger partial charge in [0.05, 0.1) is 0 Å². The molecule has 2 rings (SSSR count). The lowest BCUT2D eigenvalue weighted by molar-refractivity contribution is 0.475. The summed E-state index contributed by atoms with van der Waals surface area (Å²) in [5, 5.41) is 12.7. The average molecular weight is 349 g/mol. The molecular weight excluding hydrogens is 328 g/mol. The second kappa shape index (κ2) is 7.48. The summed E-state index contributed by atoms with van der Waals surface area (Å²) in [5.41, 5.74) is 2.38. The summed E-state index contributed by atoms with van der Waals surface area (Å²) >= 11 is 3.62. The molecule has 0 aliphatic carbocycles. The number of aromatic hydroxyl groups is 1. The van der Waals surface area contributed by atoms with Crippen molar-refractivity contribution >= 4 is 21.6 Å². The summed E-state index contributed by atoms with van der Waals surface area (Å²) in [6, 6.07) is 15.9. The lowest BCUT2D eigenvalue weighted by atomic mass is 10.0. The van der Waals surface area contributed by atoms with Crippen LogP contribution in [-0.4, -0.2) is 25.7 Å². The highest BCUT2D eigenvalue weighted by atomic mass is 79.9. The number of phenolic OH excluding ortho intramolecular Hbond substituents is 1. The first-order chi connectivity index (χ1) is 10.1. The van der Waals surface area contributed by atoms with Gasteiger partial charge in [0.25, 0.3) is 0 Å². The van der Waals surface area contributed by atoms with Crippen LogP contribution >= 0.6 is 15.9 Å². The Morgan fingerprint density at radius 2 is 1.81 bits per heavy atom. The summed E-state index contributed by atoms with van der Waals surface area (Å²) in [6.07, 6.45) is 0.997. The number of phenols is 1. The molecule has 0 spiro atoms. The van der Waals surface area contributed by atoms with Gasteiger partial charge in [-0.3, -0.25) is 0 Å². The van der Waals surface area contributed by atoms with E-state index in [1.165, 1.54) is 5.56 Å². The molecule has 0 radical (unpaired) electrons. The zero-order valence-electron chi connectivity index (χ0n) is 12.4. The molecule has 1 unspecified atom stereocenters. The van der Waals surface area contributed by atoms with Crippen molar-refractivity contribution in [1.82, 2.24) is 5.32 Å². The normalized spacial score (nSPS) is 12.1. The predicted molar refractivity (Wildman–Crippen MR) is 91.9 cm³/mol. The van der Waals surface area contributed by atoms with E-state index in [1.807, 2.05) is 25.2 Å². The smallest absolute Gasteiger partial charge is 0.115 e. The van der Waals surface area contributed by atoms with Crippen LogP contribution in [0.4, 0.5) is 5.69 Å². The molecule has 112 valence electrons. The Hall–Kier alpha value is -1.52. The van der Waals surface area contributed by atoms with E-state index in [2.05, 4.69) is 51.4 Å². The maximum absolute atomic E-state index is 9.34. The second-order valence-electron chi connectivity index (χ2n) is 5.09. The van der Waals surface area contributed by atoms with Gasteiger partial charge < -0.3 is 15.3 Å². The van der Waals surface area contributed by atoms with Gasteiger partial charge in [-0.25, -0.2) is 0 Å². The first-order valence-electron chi connectivity index (χ1n) is 7.03. The van der Waals surface area contributed by atoms with E-state index in [9.17, 15) is 5.11 Å². The molecule has 1 atom stereocenters. The molecule has 4 heteroatoms. The Balaban J connectivity index is 2.00. The zero-order valence-corrected chi connectivity index (χ0v) is 14.0. The number of hydrogen-bond donors (Lipinski definition) is 2. The van der Waals surface area contributed by atoms with E-state index in [1.54, 1.807) is 12.1 Å². The monoisotopic (exact) mass is 348 g/mol. The molecule has 0 aliphatic rings. The third-order valence-electron chi connectivity index (χ3n) is 3.67. The maximum Gasteiger partial charge on any atom is 0.115 e. The minimum absolute atomic E-state index is 0.300. The number of hydrogen-bond acceptors (Lipinski definition) is 3. The van der Waals surface area contributed by atoms with Crippen molar-refractivity contribution in [2.24, 2.45) is 0 Å². The van der Waals surface area contributed by atoms with Gasteiger partial charge in [-0.15, -0.1) is 0 Å². The van der Waals surface area contributed by atoms with Crippen molar-refractivity contribution in [3.8, 4) is 5.75 Å². The van der Waals surface area contributed by atoms with Gasteiger partial charge in [-0.05, 0) is 49.4 Å². The van der Waals surface area contributed by atoms with Crippen LogP contribution in [0.5, 0.6) is 5.75 Å². The average Bonchev–Trinajstić information content (AvgIpc) is 2.50. The number of benzene rings is 2. The number of anilines is 1. The Kier molecular flexibility index (Phi) is 5.65. The van der Waals surface area contributed by atoms with Crippen molar-refractivity contribution in [2.45, 2.75) is 12.5 Å². The van der Waals surface area contributed by atoms with E-state index in [4.69, 9.17) is 0 Å². The van der Waals surface area contributed by atoms with Crippen LogP contribution in [0.15, 0.2) is 53.0 Å². The molecule has 2 aromatic rings. The summed E-state index contributed by atoms with van der Waals surface area (Å²) < 4.78 is 1.14. The summed E-state index contributed by atoms with van der Waals surface area (Å²) in [7, 11) is 4.06. The molecule has 2 N–H and O–H groups in total. The van der Waals surface area contributed by atoms with Crippen molar-refractivity contribution in [3.63, 3.8) is 0 Å². The van der Waals surface area contributed by atoms with Crippen LogP contribution in [0.25, 0.3) is 0 Å². The van der Waals surface area contributed by atoms with E-state index in [-0.39, 0.29) is 0 Å². The van der Waals surface area contributed by atoms with Crippen LogP contribution in [-0.2, 0) is 0 Å². The van der Waals surface area contributed by atoms with Gasteiger partial charge in [0, 0.05) is 29.8 Å². The van der Waals surface area contributed by atoms with Crippen molar-refractivity contribution in [1.29, 1.82) is 0 Å². The maximum atomic E-state index is 9.34. The first-order valence-corrected chi connectivity index (χ1v) is 7.83. The summed E-state index contributed by atoms with van der Waals surface area (Å²) in [4.78, 5) is 2.20. The molecule has 2 aromatic carbocycles. The molecule has 21 heavy (non-hydrogen) atoms. The van der Waals surface area contributed by atoms with E-state index in [0.29, 0.717) is 11.8 Å².